The minimum Gasteiger partial charge on any atom is -0.387 e. The van der Waals surface area contributed by atoms with Crippen molar-refractivity contribution < 1.29 is 103 Å². The molecule has 4 aliphatic heterocycles. The van der Waals surface area contributed by atoms with E-state index in [0.717, 1.165) is 28.1 Å². The third kappa shape index (κ3) is 11.6. The number of aliphatic hydroxyl groups excluding tert-OH is 3. The Labute approximate surface area is 446 Å². The summed E-state index contributed by atoms with van der Waals surface area (Å²) >= 11 is 0. The Morgan fingerprint density at radius 2 is 1.38 bits per heavy atom. The number of nitrogens with two attached hydrogens (primary N) is 4. The van der Waals surface area contributed by atoms with Crippen molar-refractivity contribution >= 4 is 88.1 Å². The van der Waals surface area contributed by atoms with Crippen LogP contribution in [0.5, 0.6) is 0 Å². The fraction of sp³-hybridized carbons (Fsp3) is 0.595. The van der Waals surface area contributed by atoms with Crippen LogP contribution in [0.15, 0.2) is 30.1 Å². The summed E-state index contributed by atoms with van der Waals surface area (Å²) in [5.41, 5.74) is 20.1. The minimum absolute atomic E-state index is 0.00397. The maximum absolute atomic E-state index is 16.9. The number of aromatic nitrogens is 12. The van der Waals surface area contributed by atoms with Crippen molar-refractivity contribution in [3.8, 4) is 0 Å². The van der Waals surface area contributed by atoms with Crippen LogP contribution in [0.2, 0.25) is 0 Å². The molecular weight excluding hydrogens is 1160 g/mol. The number of ether oxygens (including phenoxy) is 4. The molecule has 0 radical (unpaired) electrons. The van der Waals surface area contributed by atoms with Crippen molar-refractivity contribution in [2.24, 2.45) is 13.0 Å². The molecule has 0 aliphatic carbocycles. The molecule has 43 heteroatoms. The molecule has 4 aliphatic rings. The normalized spacial score (nSPS) is 30.7. The molecule has 80 heavy (non-hydrogen) atoms. The number of phosphoric acid groups is 3. The lowest BCUT2D eigenvalue weighted by Crippen LogP contribution is -2.45. The van der Waals surface area contributed by atoms with E-state index >= 15 is 4.39 Å². The molecule has 38 nitrogen and oxygen atoms in total. The highest BCUT2D eigenvalue weighted by atomic mass is 31.3. The smallest absolute Gasteiger partial charge is 0.387 e. The number of fused-ring (bicyclic) bond motifs is 3. The van der Waals surface area contributed by atoms with Crippen LogP contribution in [0.1, 0.15) is 25.1 Å². The van der Waals surface area contributed by atoms with E-state index < -0.39 is 129 Å². The largest absolute Gasteiger partial charge is 0.490 e. The number of imidazole rings is 3. The molecule has 0 bridgehead atoms. The highest BCUT2D eigenvalue weighted by Crippen LogP contribution is 2.68. The summed E-state index contributed by atoms with van der Waals surface area (Å²) in [5.74, 6) is -1.72. The van der Waals surface area contributed by atoms with Crippen molar-refractivity contribution in [2.45, 2.75) is 73.6 Å². The lowest BCUT2D eigenvalue weighted by molar-refractivity contribution is -0.745. The van der Waals surface area contributed by atoms with Gasteiger partial charge in [-0.15, -0.1) is 0 Å². The van der Waals surface area contributed by atoms with Gasteiger partial charge >= 0.3 is 36.7 Å². The molecule has 10 heterocycles. The number of nitrogen functional groups attached to an aromatic ring is 4. The van der Waals surface area contributed by atoms with E-state index in [2.05, 4.69) is 48.5 Å². The first-order chi connectivity index (χ1) is 37.7. The molecule has 4 saturated heterocycles. The number of aryl methyl sites for hydroxylation is 1. The van der Waals surface area contributed by atoms with Crippen molar-refractivity contribution in [2.75, 3.05) is 75.6 Å². The van der Waals surface area contributed by atoms with E-state index in [0.29, 0.717) is 32.8 Å². The summed E-state index contributed by atoms with van der Waals surface area (Å²) in [6.07, 6.45) is -12.8. The van der Waals surface area contributed by atoms with Crippen LogP contribution in [0, 0.1) is 5.92 Å². The number of phosphoric ester groups is 2. The van der Waals surface area contributed by atoms with Gasteiger partial charge in [-0.1, -0.05) is 4.98 Å². The summed E-state index contributed by atoms with van der Waals surface area (Å²) in [6, 6.07) is 0. The predicted molar refractivity (Wildman–Crippen MR) is 263 cm³/mol. The second-order valence-corrected chi connectivity index (χ2v) is 25.3. The lowest BCUT2D eigenvalue weighted by Gasteiger charge is -2.29. The third-order valence-electron chi connectivity index (χ3n) is 13.5. The number of hydrogen-bond donors (Lipinski definition) is 12. The Balaban J connectivity index is 0.819. The topological polar surface area (TPSA) is 542 Å². The van der Waals surface area contributed by atoms with Crippen LogP contribution < -0.4 is 33.1 Å². The van der Waals surface area contributed by atoms with Gasteiger partial charge in [0, 0.05) is 19.0 Å². The fourth-order valence-electron chi connectivity index (χ4n) is 9.83. The second kappa shape index (κ2) is 22.2. The van der Waals surface area contributed by atoms with Gasteiger partial charge in [0.25, 0.3) is 11.5 Å². The SMILES string of the molecule is Cn1c[n+]([C@@H]2O[C@H](COP(=O)(O)OP(=O)(O)OP(=O)(O)OC[C@H]3O[C@@H](n4cnc5c(N)ncnc54)[C@H](F)[C@@H]3P(=O)(O)OC[C@H]3O[C@@H](n4cnc5c(N)nc(N)nc54)[C@H](O)[C@@H]3O)[C@@H](CCN3CCOCC3)[C@H]2O)c2nc(N)[nH]c(=O)c21. The van der Waals surface area contributed by atoms with E-state index in [9.17, 15) is 57.9 Å². The van der Waals surface area contributed by atoms with Crippen LogP contribution in [-0.4, -0.2) is 194 Å². The second-order valence-electron chi connectivity index (χ2n) is 18.7. The number of hydrogen-bond acceptors (Lipinski definition) is 29. The number of aliphatic hydroxyl groups is 3. The molecule has 4 fully saturated rings. The number of aromatic amines is 1. The number of alkyl halides is 1. The highest BCUT2D eigenvalue weighted by molar-refractivity contribution is 7.66. The van der Waals surface area contributed by atoms with E-state index in [1.54, 1.807) is 0 Å². The van der Waals surface area contributed by atoms with Gasteiger partial charge in [-0.05, 0) is 13.0 Å². The van der Waals surface area contributed by atoms with Crippen LogP contribution in [-0.2, 0) is 66.4 Å². The fourth-order valence-corrected chi connectivity index (χ4v) is 15.0. The first-order valence-electron chi connectivity index (χ1n) is 23.8. The number of anilines is 4. The first-order valence-corrected chi connectivity index (χ1v) is 29.9. The molecule has 0 saturated carbocycles. The number of halogens is 1. The zero-order chi connectivity index (χ0) is 57.4. The monoisotopic (exact) mass is 1210 g/mol. The molecule has 10 rings (SSSR count). The summed E-state index contributed by atoms with van der Waals surface area (Å²) in [7, 11) is -22.1. The van der Waals surface area contributed by atoms with Gasteiger partial charge in [0.2, 0.25) is 17.7 Å². The number of nitrogens with zero attached hydrogens (tertiary/aromatic N) is 12. The van der Waals surface area contributed by atoms with E-state index in [1.165, 1.54) is 22.5 Å². The average Bonchev–Trinajstić information content (AvgIpc) is 4.36. The maximum atomic E-state index is 16.9. The number of rotatable bonds is 20. The minimum atomic E-state index is -6.24. The molecule has 438 valence electrons. The molecular formula is C37H53FN17O21P4+. The van der Waals surface area contributed by atoms with Crippen LogP contribution in [0.25, 0.3) is 33.5 Å². The summed E-state index contributed by atoms with van der Waals surface area (Å²) in [5, 5.41) is 33.6. The summed E-state index contributed by atoms with van der Waals surface area (Å²) in [6.45, 7) is -1.07. The Hall–Kier alpha value is -5.18. The highest BCUT2D eigenvalue weighted by Gasteiger charge is 2.58. The lowest BCUT2D eigenvalue weighted by atomic mass is 9.94. The standard InChI is InChI=1S/C37H52FN17O21P4/c1-51-14-55(31-22(51)32(59)50-37(42)49-31)34-23(56)15(2-3-52-4-6-68-7-5-52)16(72-34)8-70-78(62,63)75-80(66,67)76-79(64,65)71-10-18-26(19(38)33(74-18)53-12-45-20-27(39)43-11-44-29(20)53)77(60,61)69-9-17-24(57)25(58)35(73-17)54-13-46-21-28(40)47-36(41)48-30(21)54/h11-19,23-26,33-35,56-58H,2-10H2,1H3,(H12-,39,40,41,42,43,44,47,48,49,50,59,60,61,62,63,64,65,66,67)/p+1/t15-,16-,17-,18-,19-,23-,24-,25-,26-,33-,34-,35-/m1/s1. The average molecular weight is 1210 g/mol. The van der Waals surface area contributed by atoms with Crippen molar-refractivity contribution in [3.63, 3.8) is 0 Å². The summed E-state index contributed by atoms with van der Waals surface area (Å²) in [4.78, 5) is 88.5. The van der Waals surface area contributed by atoms with Gasteiger partial charge in [0.05, 0.1) is 58.8 Å². The molecule has 0 spiro atoms. The molecule has 0 amide bonds. The van der Waals surface area contributed by atoms with Crippen LogP contribution >= 0.6 is 31.1 Å². The maximum Gasteiger partial charge on any atom is 0.490 e. The molecule has 0 aromatic carbocycles. The van der Waals surface area contributed by atoms with Gasteiger partial charge in [0.1, 0.15) is 53.5 Å². The van der Waals surface area contributed by atoms with Gasteiger partial charge in [-0.2, -0.15) is 18.6 Å². The van der Waals surface area contributed by atoms with Gasteiger partial charge < -0.3 is 81.3 Å². The molecule has 16 N–H and O–H groups in total. The molecule has 4 unspecified atom stereocenters. The van der Waals surface area contributed by atoms with Crippen LogP contribution in [0.3, 0.4) is 0 Å². The zero-order valence-corrected chi connectivity index (χ0v) is 44.9. The molecule has 6 aromatic rings. The number of nitrogens with one attached hydrogen (secondary N) is 1. The summed E-state index contributed by atoms with van der Waals surface area (Å²) < 4.78 is 123. The van der Waals surface area contributed by atoms with Gasteiger partial charge in [0.15, 0.2) is 47.9 Å². The predicted octanol–water partition coefficient (Wildman–Crippen LogP) is -3.05. The zero-order valence-electron chi connectivity index (χ0n) is 41.3. The first kappa shape index (κ1) is 58.0. The number of morpholine rings is 1. The Morgan fingerprint density at radius 1 is 0.750 bits per heavy atom. The molecule has 16 atom stereocenters. The van der Waals surface area contributed by atoms with E-state index in [1.807, 2.05) is 4.90 Å². The van der Waals surface area contributed by atoms with Crippen molar-refractivity contribution in [1.82, 2.24) is 58.5 Å². The van der Waals surface area contributed by atoms with Crippen molar-refractivity contribution in [1.29, 1.82) is 0 Å². The van der Waals surface area contributed by atoms with E-state index in [4.69, 9.17) is 55.5 Å². The number of H-pyrrole nitrogens is 1. The van der Waals surface area contributed by atoms with Crippen LogP contribution in [0.4, 0.5) is 27.9 Å². The van der Waals surface area contributed by atoms with Gasteiger partial charge in [-0.25, -0.2) is 42.6 Å². The Kier molecular flexibility index (Phi) is 16.1. The quantitative estimate of drug-likeness (QED) is 0.0267. The molecule has 6 aromatic heterocycles. The van der Waals surface area contributed by atoms with Gasteiger partial charge in [-0.3, -0.25) is 42.0 Å². The van der Waals surface area contributed by atoms with E-state index in [-0.39, 0.29) is 63.4 Å². The Morgan fingerprint density at radius 3 is 2.06 bits per heavy atom. The Bertz CT molecular complexity index is 3560. The van der Waals surface area contributed by atoms with Crippen molar-refractivity contribution in [3.05, 3.63) is 35.7 Å². The third-order valence-corrected chi connectivity index (χ3v) is 19.7.